The minimum absolute atomic E-state index is 1.17. The number of hydrogen-bond donors (Lipinski definition) is 1. The molecule has 1 N–H and O–H groups in total. The molecule has 0 aliphatic carbocycles. The van der Waals surface area contributed by atoms with Gasteiger partial charge in [0.25, 0.3) is 0 Å². The number of hydrogen-bond acceptors (Lipinski definition) is 0. The van der Waals surface area contributed by atoms with E-state index < -0.39 is 0 Å². The van der Waals surface area contributed by atoms with Crippen molar-refractivity contribution >= 4 is 43.6 Å². The number of aromatic amines is 1. The van der Waals surface area contributed by atoms with Gasteiger partial charge in [-0.25, -0.2) is 0 Å². The topological polar surface area (TPSA) is 20.7 Å². The maximum atomic E-state index is 3.55. The van der Waals surface area contributed by atoms with Crippen molar-refractivity contribution in [1.29, 1.82) is 0 Å². The molecule has 0 spiro atoms. The second-order valence-corrected chi connectivity index (χ2v) is 8.35. The molecule has 7 aromatic rings. The van der Waals surface area contributed by atoms with Crippen LogP contribution < -0.4 is 0 Å². The second kappa shape index (κ2) is 6.60. The maximum Gasteiger partial charge on any atom is 0.0547 e. The Kier molecular flexibility index (Phi) is 3.58. The van der Waals surface area contributed by atoms with Crippen LogP contribution in [0.5, 0.6) is 0 Å². The summed E-state index contributed by atoms with van der Waals surface area (Å²) in [6.07, 6.45) is 0. The van der Waals surface area contributed by atoms with Crippen LogP contribution >= 0.6 is 0 Å². The molecule has 0 fully saturated rings. The van der Waals surface area contributed by atoms with E-state index in [0.29, 0.717) is 0 Å². The van der Waals surface area contributed by atoms with Crippen LogP contribution in [0.25, 0.3) is 60.4 Å². The van der Waals surface area contributed by atoms with E-state index in [1.165, 1.54) is 60.4 Å². The number of H-pyrrole nitrogens is 1. The summed E-state index contributed by atoms with van der Waals surface area (Å²) in [5.74, 6) is 0. The predicted molar refractivity (Wildman–Crippen MR) is 136 cm³/mol. The number of fused-ring (bicyclic) bond motifs is 6. The van der Waals surface area contributed by atoms with E-state index in [2.05, 4.69) is 125 Å². The molecule has 32 heavy (non-hydrogen) atoms. The number of rotatable bonds is 2. The first-order valence-corrected chi connectivity index (χ1v) is 11.0. The molecule has 2 heteroatoms. The van der Waals surface area contributed by atoms with Gasteiger partial charge in [0.1, 0.15) is 0 Å². The van der Waals surface area contributed by atoms with E-state index in [-0.39, 0.29) is 0 Å². The van der Waals surface area contributed by atoms with Crippen LogP contribution in [0.1, 0.15) is 0 Å². The molecule has 2 heterocycles. The van der Waals surface area contributed by atoms with Crippen molar-refractivity contribution in [3.8, 4) is 16.8 Å². The van der Waals surface area contributed by atoms with Gasteiger partial charge >= 0.3 is 0 Å². The lowest BCUT2D eigenvalue weighted by molar-refractivity contribution is 1.19. The smallest absolute Gasteiger partial charge is 0.0547 e. The molecule has 2 aromatic heterocycles. The molecule has 0 saturated heterocycles. The minimum Gasteiger partial charge on any atom is -0.355 e. The van der Waals surface area contributed by atoms with Crippen molar-refractivity contribution in [3.05, 3.63) is 115 Å². The van der Waals surface area contributed by atoms with Gasteiger partial charge in [0.05, 0.1) is 11.0 Å². The fraction of sp³-hybridized carbons (Fsp3) is 0. The number of para-hydroxylation sites is 2. The lowest BCUT2D eigenvalue weighted by Crippen LogP contribution is -1.93. The summed E-state index contributed by atoms with van der Waals surface area (Å²) >= 11 is 0. The molecule has 0 bridgehead atoms. The standard InChI is InChI=1S/C30H20N2/c1-2-8-20(9-3-1)21-14-16-25-24-11-5-7-13-29(24)32(30(25)18-21)22-15-17-28-26(19-22)23-10-4-6-12-27(23)31-28/h1-19,31H. The first-order valence-electron chi connectivity index (χ1n) is 11.0. The molecular formula is C30H20N2. The summed E-state index contributed by atoms with van der Waals surface area (Å²) in [6, 6.07) is 41.4. The van der Waals surface area contributed by atoms with Gasteiger partial charge < -0.3 is 9.55 Å². The lowest BCUT2D eigenvalue weighted by atomic mass is 10.0. The Hall–Kier alpha value is -4.30. The van der Waals surface area contributed by atoms with Gasteiger partial charge in [-0.2, -0.15) is 0 Å². The Morgan fingerprint density at radius 1 is 0.438 bits per heavy atom. The zero-order valence-corrected chi connectivity index (χ0v) is 17.4. The van der Waals surface area contributed by atoms with Crippen LogP contribution in [-0.4, -0.2) is 9.55 Å². The largest absolute Gasteiger partial charge is 0.355 e. The van der Waals surface area contributed by atoms with Crippen LogP contribution in [0.2, 0.25) is 0 Å². The van der Waals surface area contributed by atoms with Gasteiger partial charge in [0.2, 0.25) is 0 Å². The molecule has 0 saturated carbocycles. The monoisotopic (exact) mass is 408 g/mol. The number of aromatic nitrogens is 2. The molecule has 5 aromatic carbocycles. The summed E-state index contributed by atoms with van der Waals surface area (Å²) in [6.45, 7) is 0. The van der Waals surface area contributed by atoms with Crippen molar-refractivity contribution in [2.75, 3.05) is 0 Å². The van der Waals surface area contributed by atoms with Gasteiger partial charge in [-0.3, -0.25) is 0 Å². The normalized spacial score (nSPS) is 11.8. The Morgan fingerprint density at radius 2 is 1.16 bits per heavy atom. The third kappa shape index (κ3) is 2.47. The fourth-order valence-electron chi connectivity index (χ4n) is 5.03. The third-order valence-electron chi connectivity index (χ3n) is 6.53. The molecule has 7 rings (SSSR count). The second-order valence-electron chi connectivity index (χ2n) is 8.35. The molecule has 0 radical (unpaired) electrons. The van der Waals surface area contributed by atoms with Crippen LogP contribution in [-0.2, 0) is 0 Å². The summed E-state index contributed by atoms with van der Waals surface area (Å²) < 4.78 is 2.40. The van der Waals surface area contributed by atoms with Gasteiger partial charge in [-0.1, -0.05) is 78.9 Å². The first kappa shape index (κ1) is 17.4. The third-order valence-corrected chi connectivity index (χ3v) is 6.53. The quantitative estimate of drug-likeness (QED) is 0.298. The van der Waals surface area contributed by atoms with Crippen molar-refractivity contribution in [1.82, 2.24) is 9.55 Å². The fourth-order valence-corrected chi connectivity index (χ4v) is 5.03. The van der Waals surface area contributed by atoms with Crippen molar-refractivity contribution < 1.29 is 0 Å². The van der Waals surface area contributed by atoms with Crippen molar-refractivity contribution in [2.45, 2.75) is 0 Å². The zero-order valence-electron chi connectivity index (χ0n) is 17.4. The highest BCUT2D eigenvalue weighted by molar-refractivity contribution is 6.11. The van der Waals surface area contributed by atoms with Crippen LogP contribution in [0.15, 0.2) is 115 Å². The minimum atomic E-state index is 1.17. The highest BCUT2D eigenvalue weighted by atomic mass is 15.0. The number of nitrogens with zero attached hydrogens (tertiary/aromatic N) is 1. The average molecular weight is 409 g/mol. The van der Waals surface area contributed by atoms with Gasteiger partial charge in [-0.15, -0.1) is 0 Å². The van der Waals surface area contributed by atoms with Gasteiger partial charge in [0.15, 0.2) is 0 Å². The summed E-state index contributed by atoms with van der Waals surface area (Å²) in [7, 11) is 0. The molecule has 0 aliphatic heterocycles. The van der Waals surface area contributed by atoms with E-state index in [0.717, 1.165) is 0 Å². The van der Waals surface area contributed by atoms with Crippen LogP contribution in [0.4, 0.5) is 0 Å². The Balaban J connectivity index is 1.56. The van der Waals surface area contributed by atoms with E-state index in [1.54, 1.807) is 0 Å². The Bertz CT molecular complexity index is 1770. The lowest BCUT2D eigenvalue weighted by Gasteiger charge is -2.09. The van der Waals surface area contributed by atoms with Crippen molar-refractivity contribution in [3.63, 3.8) is 0 Å². The molecule has 2 nitrogen and oxygen atoms in total. The van der Waals surface area contributed by atoms with E-state index in [4.69, 9.17) is 0 Å². The zero-order chi connectivity index (χ0) is 21.1. The maximum absolute atomic E-state index is 3.55. The van der Waals surface area contributed by atoms with Gasteiger partial charge in [-0.05, 0) is 47.5 Å². The van der Waals surface area contributed by atoms with E-state index in [9.17, 15) is 0 Å². The number of benzene rings is 5. The van der Waals surface area contributed by atoms with E-state index in [1.807, 2.05) is 0 Å². The molecule has 0 aliphatic rings. The average Bonchev–Trinajstić information content (AvgIpc) is 3.39. The highest BCUT2D eigenvalue weighted by Gasteiger charge is 2.14. The van der Waals surface area contributed by atoms with Crippen LogP contribution in [0.3, 0.4) is 0 Å². The summed E-state index contributed by atoms with van der Waals surface area (Å²) in [5, 5.41) is 5.07. The first-order chi connectivity index (χ1) is 15.9. The van der Waals surface area contributed by atoms with Gasteiger partial charge in [0, 0.05) is 38.3 Å². The van der Waals surface area contributed by atoms with Crippen molar-refractivity contribution in [2.24, 2.45) is 0 Å². The highest BCUT2D eigenvalue weighted by Crippen LogP contribution is 2.36. The molecule has 0 unspecified atom stereocenters. The summed E-state index contributed by atoms with van der Waals surface area (Å²) in [5.41, 5.74) is 8.44. The van der Waals surface area contributed by atoms with E-state index >= 15 is 0 Å². The van der Waals surface area contributed by atoms with Crippen LogP contribution in [0, 0.1) is 0 Å². The Labute approximate surface area is 185 Å². The molecule has 150 valence electrons. The predicted octanol–water partition coefficient (Wildman–Crippen LogP) is 8.09. The molecular weight excluding hydrogens is 388 g/mol. The molecule has 0 amide bonds. The summed E-state index contributed by atoms with van der Waals surface area (Å²) in [4.78, 5) is 3.55. The number of nitrogens with one attached hydrogen (secondary N) is 1. The molecule has 0 atom stereocenters. The Morgan fingerprint density at radius 3 is 2.06 bits per heavy atom. The SMILES string of the molecule is c1ccc(-c2ccc3c4ccccc4n(-c4ccc5[nH]c6ccccc6c5c4)c3c2)cc1.